The van der Waals surface area contributed by atoms with Crippen LogP contribution in [0, 0.1) is 0 Å². The molecule has 2 N–H and O–H groups in total. The third-order valence-electron chi connectivity index (χ3n) is 4.69. The number of carbonyl (C=O) groups is 1. The first-order valence-corrected chi connectivity index (χ1v) is 9.77. The Labute approximate surface area is 166 Å². The Morgan fingerprint density at radius 1 is 1.00 bits per heavy atom. The van der Waals surface area contributed by atoms with Crippen molar-refractivity contribution in [3.8, 4) is 0 Å². The van der Waals surface area contributed by atoms with Crippen LogP contribution in [-0.4, -0.2) is 42.1 Å². The lowest BCUT2D eigenvalue weighted by atomic mass is 10.2. The predicted octanol–water partition coefficient (Wildman–Crippen LogP) is 3.23. The highest BCUT2D eigenvalue weighted by Crippen LogP contribution is 2.20. The van der Waals surface area contributed by atoms with Crippen molar-refractivity contribution in [2.45, 2.75) is 19.9 Å². The summed E-state index contributed by atoms with van der Waals surface area (Å²) in [6.45, 7) is 6.96. The average molecular weight is 383 g/mol. The molecule has 1 aliphatic rings. The van der Waals surface area contributed by atoms with Crippen LogP contribution in [0.15, 0.2) is 54.6 Å². The number of anilines is 2. The van der Waals surface area contributed by atoms with Crippen molar-refractivity contribution in [2.24, 2.45) is 0 Å². The molecule has 0 saturated carbocycles. The van der Waals surface area contributed by atoms with E-state index in [-0.39, 0.29) is 5.91 Å². The molecule has 0 atom stereocenters. The second-order valence-corrected chi connectivity index (χ2v) is 7.06. The predicted molar refractivity (Wildman–Crippen MR) is 115 cm³/mol. The summed E-state index contributed by atoms with van der Waals surface area (Å²) in [5.74, 6) is -0.0857. The molecule has 1 aliphatic heterocycles. The van der Waals surface area contributed by atoms with Crippen LogP contribution in [0.3, 0.4) is 0 Å². The molecule has 2 aromatic rings. The SMILES string of the molecule is CCC(=O)NC(=S)Nc1ccc(N2CCN(Cc3ccccc3)CC2)cc1. The number of amides is 1. The van der Waals surface area contributed by atoms with E-state index in [0.29, 0.717) is 11.5 Å². The molecule has 2 aromatic carbocycles. The van der Waals surface area contributed by atoms with Crippen LogP contribution in [-0.2, 0) is 11.3 Å². The number of hydrogen-bond donors (Lipinski definition) is 2. The first kappa shape index (κ1) is 19.3. The van der Waals surface area contributed by atoms with Crippen molar-refractivity contribution in [3.63, 3.8) is 0 Å². The van der Waals surface area contributed by atoms with Gasteiger partial charge >= 0.3 is 0 Å². The van der Waals surface area contributed by atoms with E-state index < -0.39 is 0 Å². The number of carbonyl (C=O) groups excluding carboxylic acids is 1. The highest BCUT2D eigenvalue weighted by Gasteiger charge is 2.17. The molecule has 1 saturated heterocycles. The zero-order valence-electron chi connectivity index (χ0n) is 15.6. The van der Waals surface area contributed by atoms with E-state index in [1.165, 1.54) is 11.3 Å². The van der Waals surface area contributed by atoms with Gasteiger partial charge in [0.15, 0.2) is 5.11 Å². The molecular formula is C21H26N4OS. The Kier molecular flexibility index (Phi) is 6.79. The van der Waals surface area contributed by atoms with Gasteiger partial charge in [-0.1, -0.05) is 37.3 Å². The van der Waals surface area contributed by atoms with Gasteiger partial charge in [0, 0.05) is 50.5 Å². The van der Waals surface area contributed by atoms with E-state index in [0.717, 1.165) is 38.4 Å². The molecule has 0 spiro atoms. The minimum Gasteiger partial charge on any atom is -0.369 e. The average Bonchev–Trinajstić information content (AvgIpc) is 2.70. The summed E-state index contributed by atoms with van der Waals surface area (Å²) in [7, 11) is 0. The Hall–Kier alpha value is -2.44. The van der Waals surface area contributed by atoms with Crippen LogP contribution >= 0.6 is 12.2 Å². The van der Waals surface area contributed by atoms with E-state index >= 15 is 0 Å². The molecule has 1 amide bonds. The van der Waals surface area contributed by atoms with Gasteiger partial charge in [-0.25, -0.2) is 0 Å². The van der Waals surface area contributed by atoms with Gasteiger partial charge in [-0.2, -0.15) is 0 Å². The monoisotopic (exact) mass is 382 g/mol. The number of nitrogens with zero attached hydrogens (tertiary/aromatic N) is 2. The maximum atomic E-state index is 11.4. The molecule has 6 heteroatoms. The smallest absolute Gasteiger partial charge is 0.225 e. The lowest BCUT2D eigenvalue weighted by Gasteiger charge is -2.36. The fraction of sp³-hybridized carbons (Fsp3) is 0.333. The summed E-state index contributed by atoms with van der Waals surface area (Å²) in [4.78, 5) is 16.3. The largest absolute Gasteiger partial charge is 0.369 e. The van der Waals surface area contributed by atoms with Crippen molar-refractivity contribution in [2.75, 3.05) is 36.4 Å². The Morgan fingerprint density at radius 3 is 2.30 bits per heavy atom. The molecule has 1 fully saturated rings. The number of benzene rings is 2. The number of thiocarbonyl (C=S) groups is 1. The van der Waals surface area contributed by atoms with Crippen molar-refractivity contribution in [1.82, 2.24) is 10.2 Å². The minimum atomic E-state index is -0.0857. The fourth-order valence-corrected chi connectivity index (χ4v) is 3.37. The van der Waals surface area contributed by atoms with Gasteiger partial charge in [-0.3, -0.25) is 9.69 Å². The number of rotatable bonds is 5. The molecule has 142 valence electrons. The van der Waals surface area contributed by atoms with E-state index in [1.807, 2.05) is 12.1 Å². The maximum Gasteiger partial charge on any atom is 0.225 e. The van der Waals surface area contributed by atoms with Gasteiger partial charge in [-0.15, -0.1) is 0 Å². The standard InChI is InChI=1S/C21H26N4OS/c1-2-20(26)23-21(27)22-18-8-10-19(11-9-18)25-14-12-24(13-15-25)16-17-6-4-3-5-7-17/h3-11H,2,12-16H2,1H3,(H2,22,23,26,27). The molecule has 0 unspecified atom stereocenters. The van der Waals surface area contributed by atoms with Crippen molar-refractivity contribution >= 4 is 34.6 Å². The van der Waals surface area contributed by atoms with Crippen molar-refractivity contribution in [1.29, 1.82) is 0 Å². The summed E-state index contributed by atoms with van der Waals surface area (Å²) in [6.07, 6.45) is 0.414. The van der Waals surface area contributed by atoms with Crippen molar-refractivity contribution in [3.05, 3.63) is 60.2 Å². The second-order valence-electron chi connectivity index (χ2n) is 6.65. The third kappa shape index (κ3) is 5.77. The Morgan fingerprint density at radius 2 is 1.67 bits per heavy atom. The lowest BCUT2D eigenvalue weighted by Crippen LogP contribution is -2.45. The Bertz CT molecular complexity index is 756. The molecule has 0 aromatic heterocycles. The molecule has 3 rings (SSSR count). The highest BCUT2D eigenvalue weighted by molar-refractivity contribution is 7.80. The Balaban J connectivity index is 1.48. The fourth-order valence-electron chi connectivity index (χ4n) is 3.14. The van der Waals surface area contributed by atoms with Crippen LogP contribution < -0.4 is 15.5 Å². The van der Waals surface area contributed by atoms with Crippen LogP contribution in [0.1, 0.15) is 18.9 Å². The van der Waals surface area contributed by atoms with E-state index in [2.05, 4.69) is 62.9 Å². The normalized spacial score (nSPS) is 14.6. The number of nitrogens with one attached hydrogen (secondary N) is 2. The van der Waals surface area contributed by atoms with Crippen molar-refractivity contribution < 1.29 is 4.79 Å². The van der Waals surface area contributed by atoms with Crippen LogP contribution in [0.2, 0.25) is 0 Å². The molecule has 0 aliphatic carbocycles. The van der Waals surface area contributed by atoms with Gasteiger partial charge in [-0.05, 0) is 42.0 Å². The van der Waals surface area contributed by atoms with E-state index in [4.69, 9.17) is 12.2 Å². The zero-order valence-corrected chi connectivity index (χ0v) is 16.5. The first-order chi connectivity index (χ1) is 13.1. The third-order valence-corrected chi connectivity index (χ3v) is 4.89. The molecular weight excluding hydrogens is 356 g/mol. The molecule has 1 heterocycles. The van der Waals surface area contributed by atoms with Crippen LogP contribution in [0.25, 0.3) is 0 Å². The van der Waals surface area contributed by atoms with Crippen LogP contribution in [0.5, 0.6) is 0 Å². The maximum absolute atomic E-state index is 11.4. The topological polar surface area (TPSA) is 47.6 Å². The number of hydrogen-bond acceptors (Lipinski definition) is 4. The van der Waals surface area contributed by atoms with E-state index in [9.17, 15) is 4.79 Å². The molecule has 27 heavy (non-hydrogen) atoms. The molecule has 5 nitrogen and oxygen atoms in total. The molecule has 0 bridgehead atoms. The van der Waals surface area contributed by atoms with E-state index in [1.54, 1.807) is 6.92 Å². The van der Waals surface area contributed by atoms with Crippen LogP contribution in [0.4, 0.5) is 11.4 Å². The summed E-state index contributed by atoms with van der Waals surface area (Å²) in [6, 6.07) is 18.8. The summed E-state index contributed by atoms with van der Waals surface area (Å²) >= 11 is 5.14. The highest BCUT2D eigenvalue weighted by atomic mass is 32.1. The first-order valence-electron chi connectivity index (χ1n) is 9.36. The summed E-state index contributed by atoms with van der Waals surface area (Å²) in [5, 5.41) is 6.03. The molecule has 0 radical (unpaired) electrons. The van der Waals surface area contributed by atoms with Gasteiger partial charge < -0.3 is 15.5 Å². The quantitative estimate of drug-likeness (QED) is 0.778. The lowest BCUT2D eigenvalue weighted by molar-refractivity contribution is -0.119. The van der Waals surface area contributed by atoms with Gasteiger partial charge in [0.1, 0.15) is 0 Å². The summed E-state index contributed by atoms with van der Waals surface area (Å²) < 4.78 is 0. The summed E-state index contributed by atoms with van der Waals surface area (Å²) in [5.41, 5.74) is 3.46. The number of piperazine rings is 1. The zero-order chi connectivity index (χ0) is 19.1. The van der Waals surface area contributed by atoms with Gasteiger partial charge in [0.05, 0.1) is 0 Å². The van der Waals surface area contributed by atoms with Gasteiger partial charge in [0.2, 0.25) is 5.91 Å². The van der Waals surface area contributed by atoms with Gasteiger partial charge in [0.25, 0.3) is 0 Å². The minimum absolute atomic E-state index is 0.0857. The second kappa shape index (κ2) is 9.48.